The van der Waals surface area contributed by atoms with Crippen LogP contribution in [-0.2, 0) is 30.4 Å². The van der Waals surface area contributed by atoms with Gasteiger partial charge in [0.25, 0.3) is 30.4 Å². The van der Waals surface area contributed by atoms with Crippen LogP contribution in [0.1, 0.15) is 0 Å². The molecule has 10 nitrogen and oxygen atoms in total. The summed E-state index contributed by atoms with van der Waals surface area (Å²) in [5.74, 6) is 0. The van der Waals surface area contributed by atoms with Gasteiger partial charge in [0, 0.05) is 10.8 Å². The van der Waals surface area contributed by atoms with Crippen molar-refractivity contribution in [3.8, 4) is 0 Å². The fourth-order valence-corrected chi connectivity index (χ4v) is 4.01. The number of rotatable bonds is 3. The Morgan fingerprint density at radius 2 is 1.26 bits per heavy atom. The van der Waals surface area contributed by atoms with E-state index in [2.05, 4.69) is 0 Å². The average Bonchev–Trinajstić information content (AvgIpc) is 2.34. The minimum atomic E-state index is -5.07. The average molecular weight is 382 g/mol. The highest BCUT2D eigenvalue weighted by atomic mass is 32.2. The second-order valence-corrected chi connectivity index (χ2v) is 8.58. The number of benzene rings is 2. The van der Waals surface area contributed by atoms with E-state index in [1.165, 1.54) is 0 Å². The second kappa shape index (κ2) is 5.12. The van der Waals surface area contributed by atoms with Crippen molar-refractivity contribution in [3.63, 3.8) is 0 Å². The zero-order chi connectivity index (χ0) is 17.8. The molecule has 1 radical (unpaired) electrons. The molecule has 0 amide bonds. The van der Waals surface area contributed by atoms with Crippen LogP contribution in [0.4, 0.5) is 5.69 Å². The second-order valence-electron chi connectivity index (χ2n) is 4.38. The summed E-state index contributed by atoms with van der Waals surface area (Å²) >= 11 is 0. The number of fused-ring (bicyclic) bond motifs is 1. The molecule has 2 aromatic carbocycles. The van der Waals surface area contributed by atoms with Crippen LogP contribution in [0.2, 0.25) is 0 Å². The maximum atomic E-state index is 11.4. The minimum Gasteiger partial charge on any atom is -0.300 e. The van der Waals surface area contributed by atoms with Gasteiger partial charge in [-0.2, -0.15) is 25.3 Å². The van der Waals surface area contributed by atoms with E-state index < -0.39 is 61.5 Å². The third-order valence-corrected chi connectivity index (χ3v) is 5.49. The molecule has 0 saturated heterocycles. The van der Waals surface area contributed by atoms with Crippen molar-refractivity contribution >= 4 is 46.8 Å². The SMILES string of the molecule is [NH]c1ccc(S(=O)(=O)O)c2cc(S(=O)(=O)O)cc(S(=O)(=O)O)c12. The Hall–Kier alpha value is -1.77. The van der Waals surface area contributed by atoms with E-state index in [1.54, 1.807) is 0 Å². The van der Waals surface area contributed by atoms with E-state index in [9.17, 15) is 29.8 Å². The molecule has 0 aliphatic heterocycles. The lowest BCUT2D eigenvalue weighted by atomic mass is 10.1. The predicted molar refractivity (Wildman–Crippen MR) is 76.1 cm³/mol. The molecule has 0 bridgehead atoms. The van der Waals surface area contributed by atoms with Crippen molar-refractivity contribution in [1.29, 1.82) is 0 Å². The maximum absolute atomic E-state index is 11.4. The molecule has 0 atom stereocenters. The summed E-state index contributed by atoms with van der Waals surface area (Å²) in [6, 6.07) is 2.54. The molecule has 0 aliphatic rings. The third kappa shape index (κ3) is 3.29. The molecule has 0 aliphatic carbocycles. The van der Waals surface area contributed by atoms with Crippen molar-refractivity contribution in [2.75, 3.05) is 0 Å². The molecule has 13 heteroatoms. The molecule has 23 heavy (non-hydrogen) atoms. The van der Waals surface area contributed by atoms with E-state index >= 15 is 0 Å². The molecular weight excluding hydrogens is 374 g/mol. The third-order valence-electron chi connectivity index (χ3n) is 2.87. The van der Waals surface area contributed by atoms with Gasteiger partial charge in [0.1, 0.15) is 9.79 Å². The van der Waals surface area contributed by atoms with E-state index in [4.69, 9.17) is 14.8 Å². The normalized spacial score (nSPS) is 13.3. The fraction of sp³-hybridized carbons (Fsp3) is 0. The Balaban J connectivity index is 3.25. The molecular formula is C10H8NO9S3. The minimum absolute atomic E-state index is 0.374. The van der Waals surface area contributed by atoms with Gasteiger partial charge in [0.15, 0.2) is 0 Å². The summed E-state index contributed by atoms with van der Waals surface area (Å²) in [6.07, 6.45) is 0. The Morgan fingerprint density at radius 1 is 0.739 bits per heavy atom. The molecule has 2 rings (SSSR count). The monoisotopic (exact) mass is 382 g/mol. The van der Waals surface area contributed by atoms with Crippen molar-refractivity contribution in [3.05, 3.63) is 24.3 Å². The first-order valence-corrected chi connectivity index (χ1v) is 9.80. The van der Waals surface area contributed by atoms with Crippen molar-refractivity contribution < 1.29 is 38.9 Å². The summed E-state index contributed by atoms with van der Waals surface area (Å²) in [7, 11) is -14.9. The van der Waals surface area contributed by atoms with E-state index in [0.717, 1.165) is 12.1 Å². The van der Waals surface area contributed by atoms with Crippen LogP contribution in [-0.4, -0.2) is 38.9 Å². The van der Waals surface area contributed by atoms with Gasteiger partial charge in [0.2, 0.25) is 0 Å². The van der Waals surface area contributed by atoms with Crippen LogP contribution in [0.25, 0.3) is 10.8 Å². The van der Waals surface area contributed by atoms with Crippen LogP contribution in [0.15, 0.2) is 39.0 Å². The largest absolute Gasteiger partial charge is 0.300 e. The van der Waals surface area contributed by atoms with Crippen LogP contribution in [0.5, 0.6) is 0 Å². The lowest BCUT2D eigenvalue weighted by Gasteiger charge is -2.11. The molecule has 2 aromatic rings. The van der Waals surface area contributed by atoms with Crippen molar-refractivity contribution in [2.45, 2.75) is 14.7 Å². The Morgan fingerprint density at radius 3 is 1.70 bits per heavy atom. The summed E-state index contributed by atoms with van der Waals surface area (Å²) in [5, 5.41) is -1.29. The van der Waals surface area contributed by atoms with Crippen LogP contribution >= 0.6 is 0 Å². The zero-order valence-corrected chi connectivity index (χ0v) is 13.3. The number of hydrogen-bond acceptors (Lipinski definition) is 6. The van der Waals surface area contributed by atoms with Crippen LogP contribution < -0.4 is 5.73 Å². The molecule has 0 saturated carbocycles. The van der Waals surface area contributed by atoms with Gasteiger partial charge in [-0.15, -0.1) is 0 Å². The van der Waals surface area contributed by atoms with Gasteiger partial charge in [-0.1, -0.05) is 0 Å². The van der Waals surface area contributed by atoms with Gasteiger partial charge in [-0.05, 0) is 24.3 Å². The molecule has 125 valence electrons. The van der Waals surface area contributed by atoms with Crippen molar-refractivity contribution in [2.24, 2.45) is 0 Å². The summed E-state index contributed by atoms with van der Waals surface area (Å²) in [5.41, 5.74) is 7.09. The lowest BCUT2D eigenvalue weighted by Crippen LogP contribution is -2.07. The zero-order valence-electron chi connectivity index (χ0n) is 10.8. The molecule has 0 aromatic heterocycles. The van der Waals surface area contributed by atoms with Gasteiger partial charge in [-0.25, -0.2) is 0 Å². The fourth-order valence-electron chi connectivity index (χ4n) is 1.97. The summed E-state index contributed by atoms with van der Waals surface area (Å²) in [6.45, 7) is 0. The Bertz CT molecular complexity index is 1130. The standard InChI is InChI=1S/C10H8NO9S3/c11-7-1-2-8(22(15,16)17)6-3-5(21(12,13)14)4-9(10(6)7)23(18,19)20/h1-4,11H,(H,12,13,14)(H,15,16,17)(H,18,19,20). The first kappa shape index (κ1) is 17.6. The first-order chi connectivity index (χ1) is 10.2. The lowest BCUT2D eigenvalue weighted by molar-refractivity contribution is 0.478. The van der Waals surface area contributed by atoms with Crippen LogP contribution in [0, 0.1) is 0 Å². The van der Waals surface area contributed by atoms with E-state index in [1.807, 2.05) is 0 Å². The quantitative estimate of drug-likeness (QED) is 0.635. The van der Waals surface area contributed by atoms with Crippen molar-refractivity contribution in [1.82, 2.24) is 5.73 Å². The van der Waals surface area contributed by atoms with Gasteiger partial charge in [0.05, 0.1) is 10.6 Å². The Kier molecular flexibility index (Phi) is 3.91. The first-order valence-electron chi connectivity index (χ1n) is 5.48. The highest BCUT2D eigenvalue weighted by Crippen LogP contribution is 2.35. The van der Waals surface area contributed by atoms with Gasteiger partial charge >= 0.3 is 0 Å². The molecule has 0 heterocycles. The number of nitrogens with one attached hydrogen (secondary N) is 1. The topological polar surface area (TPSA) is 187 Å². The Labute approximate surface area is 130 Å². The molecule has 4 N–H and O–H groups in total. The van der Waals surface area contributed by atoms with E-state index in [-0.39, 0.29) is 0 Å². The van der Waals surface area contributed by atoms with Gasteiger partial charge in [-0.3, -0.25) is 13.7 Å². The maximum Gasteiger partial charge on any atom is 0.295 e. The van der Waals surface area contributed by atoms with E-state index in [0.29, 0.717) is 12.1 Å². The summed E-state index contributed by atoms with van der Waals surface area (Å²) < 4.78 is 95.4. The smallest absolute Gasteiger partial charge is 0.295 e. The molecule has 0 unspecified atom stereocenters. The van der Waals surface area contributed by atoms with Gasteiger partial charge < -0.3 is 5.73 Å². The highest BCUT2D eigenvalue weighted by Gasteiger charge is 2.25. The van der Waals surface area contributed by atoms with Crippen LogP contribution in [0.3, 0.4) is 0 Å². The predicted octanol–water partition coefficient (Wildman–Crippen LogP) is 0.494. The molecule has 0 spiro atoms. The molecule has 0 fully saturated rings. The number of hydrogen-bond donors (Lipinski definition) is 3. The highest BCUT2D eigenvalue weighted by molar-refractivity contribution is 7.87. The summed E-state index contributed by atoms with van der Waals surface area (Å²) in [4.78, 5) is -3.02.